The van der Waals surface area contributed by atoms with Crippen LogP contribution in [0.3, 0.4) is 0 Å². The maximum absolute atomic E-state index is 14.7. The maximum atomic E-state index is 14.7. The van der Waals surface area contributed by atoms with E-state index in [2.05, 4.69) is 14.9 Å². The molecule has 3 heterocycles. The Morgan fingerprint density at radius 2 is 2.17 bits per heavy atom. The van der Waals surface area contributed by atoms with Crippen molar-refractivity contribution in [2.45, 2.75) is 6.04 Å². The molecule has 0 spiro atoms. The fourth-order valence-electron chi connectivity index (χ4n) is 4.59. The molecule has 1 N–H and O–H groups in total. The van der Waals surface area contributed by atoms with E-state index in [9.17, 15) is 14.3 Å². The number of ether oxygens (including phenoxy) is 1. The minimum atomic E-state index is -0.602. The average Bonchev–Trinajstić information content (AvgIpc) is 2.99. The first-order valence-electron chi connectivity index (χ1n) is 11.3. The van der Waals surface area contributed by atoms with Gasteiger partial charge in [-0.05, 0) is 32.3 Å². The molecule has 0 unspecified atom stereocenters. The Labute approximate surface area is 207 Å². The number of likely N-dealkylation sites (N-methyl/N-ethyl adjacent to an activating group) is 1. The molecular formula is C25H25ClFN5O3. The van der Waals surface area contributed by atoms with Crippen LogP contribution in [0.2, 0.25) is 5.02 Å². The van der Waals surface area contributed by atoms with Gasteiger partial charge in [-0.1, -0.05) is 23.7 Å². The zero-order valence-corrected chi connectivity index (χ0v) is 20.2. The molecule has 1 fully saturated rings. The van der Waals surface area contributed by atoms with Crippen LogP contribution in [0.4, 0.5) is 10.2 Å². The lowest BCUT2D eigenvalue weighted by Gasteiger charge is -2.40. The molecule has 10 heteroatoms. The Morgan fingerprint density at radius 1 is 1.34 bits per heavy atom. The summed E-state index contributed by atoms with van der Waals surface area (Å²) >= 11 is 6.75. The predicted octanol–water partition coefficient (Wildman–Crippen LogP) is 3.32. The van der Waals surface area contributed by atoms with E-state index < -0.39 is 5.82 Å². The molecule has 1 atom stereocenters. The van der Waals surface area contributed by atoms with E-state index >= 15 is 0 Å². The predicted molar refractivity (Wildman–Crippen MR) is 133 cm³/mol. The number of anilines is 1. The number of fused-ring (bicyclic) bond motifs is 2. The van der Waals surface area contributed by atoms with Gasteiger partial charge >= 0.3 is 0 Å². The molecule has 0 radical (unpaired) electrons. The van der Waals surface area contributed by atoms with Crippen molar-refractivity contribution in [3.05, 3.63) is 53.6 Å². The number of piperazine rings is 1. The molecule has 182 valence electrons. The highest BCUT2D eigenvalue weighted by Crippen LogP contribution is 2.47. The van der Waals surface area contributed by atoms with E-state index in [1.54, 1.807) is 17.0 Å². The molecule has 1 saturated heterocycles. The highest BCUT2D eigenvalue weighted by atomic mass is 35.5. The summed E-state index contributed by atoms with van der Waals surface area (Å²) in [5.74, 6) is 0.131. The van der Waals surface area contributed by atoms with Crippen LogP contribution >= 0.6 is 11.6 Å². The smallest absolute Gasteiger partial charge is 0.246 e. The van der Waals surface area contributed by atoms with Crippen molar-refractivity contribution < 1.29 is 19.0 Å². The van der Waals surface area contributed by atoms with Crippen LogP contribution in [0.15, 0.2) is 42.7 Å². The third kappa shape index (κ3) is 4.26. The summed E-state index contributed by atoms with van der Waals surface area (Å²) in [6, 6.07) is 5.58. The minimum Gasteiger partial charge on any atom is -0.507 e. The van der Waals surface area contributed by atoms with Gasteiger partial charge in [0.25, 0.3) is 0 Å². The Balaban J connectivity index is 1.51. The Kier molecular flexibility index (Phi) is 6.21. The monoisotopic (exact) mass is 497 g/mol. The molecule has 5 rings (SSSR count). The number of nitrogens with zero attached hydrogens (tertiary/aromatic N) is 5. The molecule has 2 aromatic carbocycles. The topological polar surface area (TPSA) is 82.0 Å². The maximum Gasteiger partial charge on any atom is 0.246 e. The van der Waals surface area contributed by atoms with E-state index in [1.165, 1.54) is 24.5 Å². The van der Waals surface area contributed by atoms with Gasteiger partial charge in [-0.2, -0.15) is 0 Å². The Morgan fingerprint density at radius 3 is 2.94 bits per heavy atom. The van der Waals surface area contributed by atoms with Crippen molar-refractivity contribution in [2.75, 3.05) is 51.8 Å². The summed E-state index contributed by atoms with van der Waals surface area (Å²) in [4.78, 5) is 27.5. The number of carbonyl (C=O) groups is 1. The standard InChI is InChI=1S/C25H25ClFN5O3/c1-30(2)8-4-7-20(34)31-9-10-32-15(12-31)13-35-24-22-18(28-14-29-25(22)32)11-16(23(24)26)21-17(27)5-3-6-19(21)33/h3-7,11,14-15,33H,8-10,12-13H2,1-2H3/b7-4+/t15-/m0/s1. The van der Waals surface area contributed by atoms with Gasteiger partial charge in [-0.25, -0.2) is 14.4 Å². The molecule has 2 aliphatic rings. The van der Waals surface area contributed by atoms with Gasteiger partial charge in [0.05, 0.1) is 27.5 Å². The molecule has 1 amide bonds. The lowest BCUT2D eigenvalue weighted by molar-refractivity contribution is -0.126. The number of halogens is 2. The quantitative estimate of drug-likeness (QED) is 0.554. The van der Waals surface area contributed by atoms with E-state index in [0.717, 1.165) is 0 Å². The summed E-state index contributed by atoms with van der Waals surface area (Å²) in [5, 5.41) is 11.1. The van der Waals surface area contributed by atoms with Crippen molar-refractivity contribution in [1.82, 2.24) is 19.8 Å². The first-order chi connectivity index (χ1) is 16.8. The van der Waals surface area contributed by atoms with Gasteiger partial charge < -0.3 is 24.5 Å². The molecule has 1 aromatic heterocycles. The number of rotatable bonds is 4. The summed E-state index contributed by atoms with van der Waals surface area (Å²) < 4.78 is 20.9. The van der Waals surface area contributed by atoms with Crippen molar-refractivity contribution in [3.63, 3.8) is 0 Å². The van der Waals surface area contributed by atoms with Gasteiger partial charge in [0, 0.05) is 37.8 Å². The van der Waals surface area contributed by atoms with Crippen molar-refractivity contribution in [2.24, 2.45) is 0 Å². The van der Waals surface area contributed by atoms with E-state index in [-0.39, 0.29) is 40.5 Å². The highest BCUT2D eigenvalue weighted by molar-refractivity contribution is 6.36. The first-order valence-corrected chi connectivity index (χ1v) is 11.7. The molecule has 3 aromatic rings. The SMILES string of the molecule is CN(C)C/C=C/C(=O)N1CCN2c3ncnc4cc(-c5c(O)cccc5F)c(Cl)c(c34)OC[C@@H]2C1. The lowest BCUT2D eigenvalue weighted by Crippen LogP contribution is -2.56. The van der Waals surface area contributed by atoms with Crippen LogP contribution in [0.1, 0.15) is 0 Å². The normalized spacial score (nSPS) is 17.6. The van der Waals surface area contributed by atoms with Crippen LogP contribution in [-0.2, 0) is 4.79 Å². The molecular weight excluding hydrogens is 473 g/mol. The second kappa shape index (κ2) is 9.31. The second-order valence-corrected chi connectivity index (χ2v) is 9.28. The van der Waals surface area contributed by atoms with Gasteiger partial charge in [-0.15, -0.1) is 0 Å². The fourth-order valence-corrected chi connectivity index (χ4v) is 4.89. The first kappa shape index (κ1) is 23.3. The fraction of sp³-hybridized carbons (Fsp3) is 0.320. The number of carbonyl (C=O) groups excluding carboxylic acids is 1. The zero-order valence-electron chi connectivity index (χ0n) is 19.4. The Hall–Kier alpha value is -3.43. The van der Waals surface area contributed by atoms with Gasteiger partial charge in [0.2, 0.25) is 5.91 Å². The number of hydrogen-bond donors (Lipinski definition) is 1. The molecule has 0 saturated carbocycles. The van der Waals surface area contributed by atoms with E-state index in [0.29, 0.717) is 48.6 Å². The summed E-state index contributed by atoms with van der Waals surface area (Å²) in [6.45, 7) is 2.51. The van der Waals surface area contributed by atoms with Crippen LogP contribution in [0, 0.1) is 5.82 Å². The van der Waals surface area contributed by atoms with Crippen molar-refractivity contribution in [3.8, 4) is 22.6 Å². The second-order valence-electron chi connectivity index (χ2n) is 8.90. The van der Waals surface area contributed by atoms with Crippen molar-refractivity contribution >= 4 is 34.2 Å². The van der Waals surface area contributed by atoms with Crippen molar-refractivity contribution in [1.29, 1.82) is 0 Å². The number of benzene rings is 2. The number of hydrogen-bond acceptors (Lipinski definition) is 7. The zero-order chi connectivity index (χ0) is 24.7. The molecule has 8 nitrogen and oxygen atoms in total. The number of amides is 1. The van der Waals surface area contributed by atoms with E-state index in [1.807, 2.05) is 25.1 Å². The van der Waals surface area contributed by atoms with Crippen LogP contribution in [0.5, 0.6) is 11.5 Å². The van der Waals surface area contributed by atoms with Gasteiger partial charge in [-0.3, -0.25) is 4.79 Å². The number of phenolic OH excluding ortho intramolecular Hbond substituents is 1. The number of aromatic nitrogens is 2. The van der Waals surface area contributed by atoms with Gasteiger partial charge in [0.15, 0.2) is 5.75 Å². The highest BCUT2D eigenvalue weighted by Gasteiger charge is 2.35. The molecule has 0 bridgehead atoms. The summed E-state index contributed by atoms with van der Waals surface area (Å²) in [6.07, 6.45) is 4.90. The van der Waals surface area contributed by atoms with Crippen LogP contribution in [-0.4, -0.2) is 83.7 Å². The third-order valence-electron chi connectivity index (χ3n) is 6.28. The number of aromatic hydroxyl groups is 1. The average molecular weight is 498 g/mol. The molecule has 2 aliphatic heterocycles. The van der Waals surface area contributed by atoms with Crippen LogP contribution in [0.25, 0.3) is 22.0 Å². The van der Waals surface area contributed by atoms with E-state index in [4.69, 9.17) is 16.3 Å². The third-order valence-corrected chi connectivity index (χ3v) is 6.65. The number of phenols is 1. The minimum absolute atomic E-state index is 0.0114. The largest absolute Gasteiger partial charge is 0.507 e. The Bertz CT molecular complexity index is 1310. The summed E-state index contributed by atoms with van der Waals surface area (Å²) in [5.41, 5.74) is 0.803. The molecule has 0 aliphatic carbocycles. The van der Waals surface area contributed by atoms with Crippen LogP contribution < -0.4 is 9.64 Å². The van der Waals surface area contributed by atoms with Gasteiger partial charge in [0.1, 0.15) is 30.3 Å². The lowest BCUT2D eigenvalue weighted by atomic mass is 10.0. The summed E-state index contributed by atoms with van der Waals surface area (Å²) in [7, 11) is 3.89. The molecule has 35 heavy (non-hydrogen) atoms.